The number of rotatable bonds is 14. The Morgan fingerprint density at radius 2 is 1.74 bits per heavy atom. The molecule has 2 atom stereocenters. The number of carbonyl (C=O) groups excluding carboxylic acids is 2. The number of ether oxygens (including phenoxy) is 1. The highest BCUT2D eigenvalue weighted by Gasteiger charge is 2.24. The fraction of sp³-hybridized carbons (Fsp3) is 0.303. The third-order valence-corrected chi connectivity index (χ3v) is 7.92. The molecular weight excluding hydrogens is 564 g/mol. The number of aryl methyl sites for hydroxylation is 1. The van der Waals surface area contributed by atoms with Gasteiger partial charge in [0.15, 0.2) is 0 Å². The number of amides is 2. The minimum atomic E-state index is -0.912. The van der Waals surface area contributed by atoms with E-state index in [1.54, 1.807) is 26.3 Å². The maximum Gasteiger partial charge on any atom is 0.254 e. The lowest BCUT2D eigenvalue weighted by molar-refractivity contribution is 0.0784. The van der Waals surface area contributed by atoms with E-state index in [0.717, 1.165) is 27.6 Å². The standard InChI is InChI=1S/C33H38N4O5S/c1-22-21-43-31(35-22)19-37(2)33(41)27-13-25(20-38)12-26(16-27)32(40)36-29(15-23-8-5-4-6-9-23)30(39)18-34-17-24-10-7-11-28(14-24)42-3/h4-14,16,21,29-30,34,38-39H,15,17-20H2,1-3H3,(H,36,40)/t29-,30+/m0/s1. The molecule has 0 bridgehead atoms. The van der Waals surface area contributed by atoms with Gasteiger partial charge < -0.3 is 30.5 Å². The summed E-state index contributed by atoms with van der Waals surface area (Å²) in [6, 6.07) is 21.3. The van der Waals surface area contributed by atoms with E-state index in [0.29, 0.717) is 25.1 Å². The monoisotopic (exact) mass is 602 g/mol. The Kier molecular flexibility index (Phi) is 11.4. The molecule has 1 heterocycles. The second-order valence-corrected chi connectivity index (χ2v) is 11.4. The fourth-order valence-electron chi connectivity index (χ4n) is 4.70. The van der Waals surface area contributed by atoms with Crippen LogP contribution in [0.3, 0.4) is 0 Å². The van der Waals surface area contributed by atoms with Crippen LogP contribution in [0.15, 0.2) is 78.2 Å². The first-order valence-corrected chi connectivity index (χ1v) is 14.9. The van der Waals surface area contributed by atoms with Gasteiger partial charge >= 0.3 is 0 Å². The fourth-order valence-corrected chi connectivity index (χ4v) is 5.52. The molecule has 9 nitrogen and oxygen atoms in total. The van der Waals surface area contributed by atoms with Gasteiger partial charge in [-0.3, -0.25) is 9.59 Å². The van der Waals surface area contributed by atoms with Crippen molar-refractivity contribution >= 4 is 23.2 Å². The summed E-state index contributed by atoms with van der Waals surface area (Å²) >= 11 is 1.48. The quantitative estimate of drug-likeness (QED) is 0.174. The van der Waals surface area contributed by atoms with Crippen LogP contribution in [0.1, 0.15) is 48.1 Å². The number of aromatic nitrogens is 1. The number of nitrogens with one attached hydrogen (secondary N) is 2. The largest absolute Gasteiger partial charge is 0.497 e. The zero-order chi connectivity index (χ0) is 30.8. The highest BCUT2D eigenvalue weighted by molar-refractivity contribution is 7.09. The van der Waals surface area contributed by atoms with Crippen LogP contribution < -0.4 is 15.4 Å². The van der Waals surface area contributed by atoms with Crippen LogP contribution >= 0.6 is 11.3 Å². The van der Waals surface area contributed by atoms with Crippen molar-refractivity contribution in [3.63, 3.8) is 0 Å². The van der Waals surface area contributed by atoms with Gasteiger partial charge in [-0.2, -0.15) is 0 Å². The molecular formula is C33H38N4O5S. The number of hydrogen-bond donors (Lipinski definition) is 4. The van der Waals surface area contributed by atoms with Crippen molar-refractivity contribution in [3.05, 3.63) is 117 Å². The molecule has 43 heavy (non-hydrogen) atoms. The van der Waals surface area contributed by atoms with Crippen molar-refractivity contribution in [2.75, 3.05) is 20.7 Å². The van der Waals surface area contributed by atoms with Crippen LogP contribution in [0.5, 0.6) is 5.75 Å². The Balaban J connectivity index is 1.48. The van der Waals surface area contributed by atoms with Gasteiger partial charge in [-0.25, -0.2) is 4.98 Å². The molecule has 10 heteroatoms. The second kappa shape index (κ2) is 15.4. The molecule has 0 aliphatic rings. The first-order valence-electron chi connectivity index (χ1n) is 14.0. The van der Waals surface area contributed by atoms with Crippen LogP contribution in [0.4, 0.5) is 0 Å². The SMILES string of the molecule is COc1cccc(CNC[C@@H](O)[C@H](Cc2ccccc2)NC(=O)c2cc(CO)cc(C(=O)N(C)Cc3nc(C)cs3)c2)c1. The molecule has 4 N–H and O–H groups in total. The van der Waals surface area contributed by atoms with Crippen LogP contribution in [0.25, 0.3) is 0 Å². The Hall–Kier alpha value is -4.09. The number of benzene rings is 3. The molecule has 0 fully saturated rings. The smallest absolute Gasteiger partial charge is 0.254 e. The third-order valence-electron chi connectivity index (χ3n) is 6.97. The number of hydrogen-bond acceptors (Lipinski definition) is 8. The highest BCUT2D eigenvalue weighted by atomic mass is 32.1. The van der Waals surface area contributed by atoms with E-state index in [-0.39, 0.29) is 30.2 Å². The van der Waals surface area contributed by atoms with Gasteiger partial charge in [-0.1, -0.05) is 42.5 Å². The van der Waals surface area contributed by atoms with E-state index in [1.807, 2.05) is 66.9 Å². The topological polar surface area (TPSA) is 124 Å². The molecule has 3 aromatic carbocycles. The molecule has 0 aliphatic heterocycles. The van der Waals surface area contributed by atoms with E-state index in [9.17, 15) is 19.8 Å². The maximum atomic E-state index is 13.6. The summed E-state index contributed by atoms with van der Waals surface area (Å²) in [5.41, 5.74) is 3.80. The number of aliphatic hydroxyl groups excluding tert-OH is 2. The van der Waals surface area contributed by atoms with Gasteiger partial charge in [0.25, 0.3) is 11.8 Å². The number of carbonyl (C=O) groups is 2. The Morgan fingerprint density at radius 3 is 2.44 bits per heavy atom. The summed E-state index contributed by atoms with van der Waals surface area (Å²) in [7, 11) is 3.29. The number of thiazole rings is 1. The summed E-state index contributed by atoms with van der Waals surface area (Å²) in [5, 5.41) is 30.1. The predicted molar refractivity (Wildman–Crippen MR) is 167 cm³/mol. The van der Waals surface area contributed by atoms with Crippen molar-refractivity contribution in [2.45, 2.75) is 45.2 Å². The van der Waals surface area contributed by atoms with Crippen molar-refractivity contribution < 1.29 is 24.5 Å². The van der Waals surface area contributed by atoms with Gasteiger partial charge in [0.05, 0.1) is 32.4 Å². The van der Waals surface area contributed by atoms with E-state index in [2.05, 4.69) is 15.6 Å². The zero-order valence-electron chi connectivity index (χ0n) is 24.6. The van der Waals surface area contributed by atoms with Gasteiger partial charge in [0.2, 0.25) is 0 Å². The normalized spacial score (nSPS) is 12.4. The summed E-state index contributed by atoms with van der Waals surface area (Å²) in [4.78, 5) is 32.8. The molecule has 0 saturated heterocycles. The molecule has 0 spiro atoms. The van der Waals surface area contributed by atoms with Gasteiger partial charge in [-0.15, -0.1) is 11.3 Å². The number of nitrogens with zero attached hydrogens (tertiary/aromatic N) is 2. The van der Waals surface area contributed by atoms with Crippen molar-refractivity contribution in [1.82, 2.24) is 20.5 Å². The van der Waals surface area contributed by atoms with Crippen molar-refractivity contribution in [3.8, 4) is 5.75 Å². The molecule has 1 aromatic heterocycles. The lowest BCUT2D eigenvalue weighted by Gasteiger charge is -2.25. The lowest BCUT2D eigenvalue weighted by Crippen LogP contribution is -2.48. The summed E-state index contributed by atoms with van der Waals surface area (Å²) in [5.74, 6) is 0.0108. The summed E-state index contributed by atoms with van der Waals surface area (Å²) < 4.78 is 5.29. The van der Waals surface area contributed by atoms with Crippen LogP contribution in [-0.2, 0) is 26.1 Å². The molecule has 0 unspecified atom stereocenters. The first kappa shape index (κ1) is 31.8. The van der Waals surface area contributed by atoms with Crippen LogP contribution in [0, 0.1) is 6.92 Å². The third kappa shape index (κ3) is 9.20. The Morgan fingerprint density at radius 1 is 1.00 bits per heavy atom. The van der Waals surface area contributed by atoms with E-state index in [1.165, 1.54) is 22.3 Å². The molecule has 0 aliphatic carbocycles. The molecule has 0 radical (unpaired) electrons. The zero-order valence-corrected chi connectivity index (χ0v) is 25.4. The molecule has 226 valence electrons. The number of methoxy groups -OCH3 is 1. The van der Waals surface area contributed by atoms with Gasteiger partial charge in [0.1, 0.15) is 10.8 Å². The minimum absolute atomic E-state index is 0.225. The summed E-state index contributed by atoms with van der Waals surface area (Å²) in [6.45, 7) is 2.64. The van der Waals surface area contributed by atoms with Gasteiger partial charge in [0, 0.05) is 42.3 Å². The molecule has 2 amide bonds. The lowest BCUT2D eigenvalue weighted by atomic mass is 9.99. The van der Waals surface area contributed by atoms with Crippen molar-refractivity contribution in [2.24, 2.45) is 0 Å². The molecule has 4 aromatic rings. The molecule has 0 saturated carbocycles. The van der Waals surface area contributed by atoms with Crippen LogP contribution in [0.2, 0.25) is 0 Å². The number of aliphatic hydroxyl groups is 2. The average Bonchev–Trinajstić information content (AvgIpc) is 3.44. The first-order chi connectivity index (χ1) is 20.7. The molecule has 4 rings (SSSR count). The minimum Gasteiger partial charge on any atom is -0.497 e. The Labute approximate surface area is 256 Å². The van der Waals surface area contributed by atoms with E-state index >= 15 is 0 Å². The van der Waals surface area contributed by atoms with Gasteiger partial charge in [-0.05, 0) is 60.4 Å². The predicted octanol–water partition coefficient (Wildman–Crippen LogP) is 3.72. The Bertz CT molecular complexity index is 1510. The van der Waals surface area contributed by atoms with E-state index < -0.39 is 18.1 Å². The summed E-state index contributed by atoms with van der Waals surface area (Å²) in [6.07, 6.45) is -0.513. The maximum absolute atomic E-state index is 13.6. The van der Waals surface area contributed by atoms with Crippen molar-refractivity contribution in [1.29, 1.82) is 0 Å². The second-order valence-electron chi connectivity index (χ2n) is 10.4. The van der Waals surface area contributed by atoms with Crippen LogP contribution in [-0.4, -0.2) is 64.8 Å². The average molecular weight is 603 g/mol. The van der Waals surface area contributed by atoms with E-state index in [4.69, 9.17) is 4.74 Å². The highest BCUT2D eigenvalue weighted by Crippen LogP contribution is 2.17.